The van der Waals surface area contributed by atoms with Crippen molar-refractivity contribution in [3.05, 3.63) is 23.3 Å². The van der Waals surface area contributed by atoms with Gasteiger partial charge in [0.2, 0.25) is 0 Å². The molecule has 1 rings (SSSR count). The molecular formula is C9H14N2. The van der Waals surface area contributed by atoms with Crippen LogP contribution in [-0.2, 0) is 0 Å². The summed E-state index contributed by atoms with van der Waals surface area (Å²) in [6, 6.07) is 0. The maximum Gasteiger partial charge on any atom is 0.0213 e. The molecule has 0 unspecified atom stereocenters. The summed E-state index contributed by atoms with van der Waals surface area (Å²) < 4.78 is 0. The Hall–Kier alpha value is -0.890. The predicted molar refractivity (Wildman–Crippen MR) is 48.1 cm³/mol. The molecule has 11 heavy (non-hydrogen) atoms. The zero-order valence-electron chi connectivity index (χ0n) is 6.85. The molecule has 1 aliphatic rings. The summed E-state index contributed by atoms with van der Waals surface area (Å²) >= 11 is 0. The molecule has 0 aromatic heterocycles. The quantitative estimate of drug-likeness (QED) is 0.575. The average molecular weight is 150 g/mol. The van der Waals surface area contributed by atoms with Gasteiger partial charge in [0.05, 0.1) is 0 Å². The molecule has 1 heterocycles. The molecule has 2 N–H and O–H groups in total. The van der Waals surface area contributed by atoms with Crippen molar-refractivity contribution in [2.24, 2.45) is 0 Å². The van der Waals surface area contributed by atoms with E-state index in [9.17, 15) is 0 Å². The van der Waals surface area contributed by atoms with Crippen molar-refractivity contribution in [1.29, 1.82) is 5.41 Å². The lowest BCUT2D eigenvalue weighted by Crippen LogP contribution is -2.24. The SMILES string of the molecule is C/C=C\C1=C(C=N)CCNC1. The molecule has 0 bridgehead atoms. The van der Waals surface area contributed by atoms with Crippen molar-refractivity contribution in [3.8, 4) is 0 Å². The monoisotopic (exact) mass is 150 g/mol. The van der Waals surface area contributed by atoms with Crippen LogP contribution >= 0.6 is 0 Å². The average Bonchev–Trinajstić information content (AvgIpc) is 2.06. The third kappa shape index (κ3) is 2.02. The summed E-state index contributed by atoms with van der Waals surface area (Å²) in [7, 11) is 0. The van der Waals surface area contributed by atoms with Crippen molar-refractivity contribution < 1.29 is 0 Å². The van der Waals surface area contributed by atoms with Crippen LogP contribution in [0.25, 0.3) is 0 Å². The van der Waals surface area contributed by atoms with Crippen LogP contribution in [0.3, 0.4) is 0 Å². The van der Waals surface area contributed by atoms with E-state index in [-0.39, 0.29) is 0 Å². The van der Waals surface area contributed by atoms with E-state index in [1.54, 1.807) is 0 Å². The molecular weight excluding hydrogens is 136 g/mol. The minimum Gasteiger partial charge on any atom is -0.312 e. The lowest BCUT2D eigenvalue weighted by Gasteiger charge is -2.15. The number of hydrogen-bond donors (Lipinski definition) is 2. The normalized spacial score (nSPS) is 19.4. The van der Waals surface area contributed by atoms with E-state index in [4.69, 9.17) is 5.41 Å². The van der Waals surface area contributed by atoms with Gasteiger partial charge in [-0.3, -0.25) is 0 Å². The smallest absolute Gasteiger partial charge is 0.0213 e. The maximum absolute atomic E-state index is 7.16. The van der Waals surface area contributed by atoms with Gasteiger partial charge in [0, 0.05) is 12.8 Å². The predicted octanol–water partition coefficient (Wildman–Crippen LogP) is 1.50. The first-order chi connectivity index (χ1) is 5.38. The summed E-state index contributed by atoms with van der Waals surface area (Å²) in [6.07, 6.45) is 6.55. The highest BCUT2D eigenvalue weighted by Gasteiger charge is 2.06. The number of rotatable bonds is 2. The van der Waals surface area contributed by atoms with Gasteiger partial charge in [0.25, 0.3) is 0 Å². The van der Waals surface area contributed by atoms with Crippen LogP contribution in [0.2, 0.25) is 0 Å². The molecule has 0 saturated carbocycles. The first-order valence-electron chi connectivity index (χ1n) is 3.94. The Bertz CT molecular complexity index is 202. The van der Waals surface area contributed by atoms with Gasteiger partial charge in [-0.05, 0) is 31.0 Å². The van der Waals surface area contributed by atoms with Gasteiger partial charge in [-0.15, -0.1) is 0 Å². The topological polar surface area (TPSA) is 35.9 Å². The molecule has 0 atom stereocenters. The van der Waals surface area contributed by atoms with Gasteiger partial charge in [0.1, 0.15) is 0 Å². The Balaban J connectivity index is 2.81. The second-order valence-electron chi connectivity index (χ2n) is 2.62. The Kier molecular flexibility index (Phi) is 3.05. The van der Waals surface area contributed by atoms with Gasteiger partial charge < -0.3 is 10.7 Å². The number of hydrogen-bond acceptors (Lipinski definition) is 2. The second-order valence-corrected chi connectivity index (χ2v) is 2.62. The van der Waals surface area contributed by atoms with Crippen LogP contribution in [0, 0.1) is 5.41 Å². The van der Waals surface area contributed by atoms with Crippen molar-refractivity contribution in [2.75, 3.05) is 13.1 Å². The first-order valence-corrected chi connectivity index (χ1v) is 3.94. The van der Waals surface area contributed by atoms with Crippen LogP contribution < -0.4 is 5.32 Å². The van der Waals surface area contributed by atoms with Gasteiger partial charge in [-0.2, -0.15) is 0 Å². The molecule has 0 radical (unpaired) electrons. The molecule has 2 heteroatoms. The van der Waals surface area contributed by atoms with E-state index in [0.717, 1.165) is 19.5 Å². The Morgan fingerprint density at radius 2 is 2.27 bits per heavy atom. The highest BCUT2D eigenvalue weighted by molar-refractivity contribution is 5.78. The fourth-order valence-electron chi connectivity index (χ4n) is 1.25. The molecule has 0 aromatic carbocycles. The number of allylic oxidation sites excluding steroid dienone is 1. The van der Waals surface area contributed by atoms with E-state index < -0.39 is 0 Å². The minimum atomic E-state index is 0.912. The molecule has 0 amide bonds. The highest BCUT2D eigenvalue weighted by Crippen LogP contribution is 2.10. The molecule has 60 valence electrons. The fraction of sp³-hybridized carbons (Fsp3) is 0.444. The van der Waals surface area contributed by atoms with Crippen LogP contribution in [0.1, 0.15) is 13.3 Å². The van der Waals surface area contributed by atoms with E-state index in [1.165, 1.54) is 17.4 Å². The summed E-state index contributed by atoms with van der Waals surface area (Å²) in [6.45, 7) is 3.92. The summed E-state index contributed by atoms with van der Waals surface area (Å²) in [4.78, 5) is 0. The van der Waals surface area contributed by atoms with E-state index in [2.05, 4.69) is 11.4 Å². The molecule has 0 saturated heterocycles. The van der Waals surface area contributed by atoms with Crippen molar-refractivity contribution >= 4 is 6.21 Å². The Morgan fingerprint density at radius 1 is 1.45 bits per heavy atom. The maximum atomic E-state index is 7.16. The molecule has 0 fully saturated rings. The highest BCUT2D eigenvalue weighted by atomic mass is 14.9. The fourth-order valence-corrected chi connectivity index (χ4v) is 1.25. The van der Waals surface area contributed by atoms with E-state index >= 15 is 0 Å². The molecule has 1 aliphatic heterocycles. The summed E-state index contributed by atoms with van der Waals surface area (Å²) in [5.74, 6) is 0. The largest absolute Gasteiger partial charge is 0.312 e. The van der Waals surface area contributed by atoms with Gasteiger partial charge in [-0.1, -0.05) is 12.2 Å². The van der Waals surface area contributed by atoms with Crippen LogP contribution in [0.15, 0.2) is 23.3 Å². The summed E-state index contributed by atoms with van der Waals surface area (Å²) in [5.41, 5.74) is 2.43. The van der Waals surface area contributed by atoms with E-state index in [1.807, 2.05) is 13.0 Å². The standard InChI is InChI=1S/C9H14N2/c1-2-3-9-7-11-5-4-8(9)6-10/h2-3,6,10-11H,4-5,7H2,1H3/b3-2-,10-6?. The molecule has 2 nitrogen and oxygen atoms in total. The van der Waals surface area contributed by atoms with E-state index in [0.29, 0.717) is 0 Å². The van der Waals surface area contributed by atoms with Crippen molar-refractivity contribution in [3.63, 3.8) is 0 Å². The van der Waals surface area contributed by atoms with Crippen LogP contribution in [0.5, 0.6) is 0 Å². The minimum absolute atomic E-state index is 0.912. The molecule has 0 aromatic rings. The van der Waals surface area contributed by atoms with Crippen molar-refractivity contribution in [2.45, 2.75) is 13.3 Å². The summed E-state index contributed by atoms with van der Waals surface area (Å²) in [5, 5.41) is 10.4. The lowest BCUT2D eigenvalue weighted by molar-refractivity contribution is 0.701. The zero-order valence-corrected chi connectivity index (χ0v) is 6.85. The molecule has 0 aliphatic carbocycles. The van der Waals surface area contributed by atoms with Gasteiger partial charge in [-0.25, -0.2) is 0 Å². The zero-order chi connectivity index (χ0) is 8.10. The lowest BCUT2D eigenvalue weighted by atomic mass is 10.0. The van der Waals surface area contributed by atoms with Crippen molar-refractivity contribution in [1.82, 2.24) is 5.32 Å². The third-order valence-electron chi connectivity index (χ3n) is 1.84. The van der Waals surface area contributed by atoms with Crippen LogP contribution in [-0.4, -0.2) is 19.3 Å². The Morgan fingerprint density at radius 3 is 2.91 bits per heavy atom. The number of nitrogens with one attached hydrogen (secondary N) is 2. The first kappa shape index (κ1) is 8.21. The van der Waals surface area contributed by atoms with Crippen LogP contribution in [0.4, 0.5) is 0 Å². The van der Waals surface area contributed by atoms with Gasteiger partial charge >= 0.3 is 0 Å². The Labute approximate surface area is 67.5 Å². The third-order valence-corrected chi connectivity index (χ3v) is 1.84. The second kappa shape index (κ2) is 4.09. The van der Waals surface area contributed by atoms with Gasteiger partial charge in [0.15, 0.2) is 0 Å². The molecule has 0 spiro atoms.